The van der Waals surface area contributed by atoms with Crippen molar-refractivity contribution < 1.29 is 43.2 Å². The number of thioether (sulfide) groups is 1. The van der Waals surface area contributed by atoms with Crippen molar-refractivity contribution >= 4 is 74.4 Å². The second-order valence-electron chi connectivity index (χ2n) is 11.7. The summed E-state index contributed by atoms with van der Waals surface area (Å²) < 4.78 is 9.33. The minimum atomic E-state index is -1.78. The molecule has 2 amide bonds. The Morgan fingerprint density at radius 2 is 2.08 bits per heavy atom. The summed E-state index contributed by atoms with van der Waals surface area (Å²) in [6.07, 6.45) is 7.00. The Morgan fingerprint density at radius 3 is 2.73 bits per heavy atom. The first-order chi connectivity index (χ1) is 23.2. The molecule has 2 atom stereocenters. The molecule has 6 heterocycles. The molecule has 49 heavy (non-hydrogen) atoms. The molecule has 8 N–H and O–H groups in total. The lowest BCUT2D eigenvalue weighted by atomic mass is 10.0. The number of β-lactam (4-membered cyclic amide) rings is 1. The van der Waals surface area contributed by atoms with E-state index < -0.39 is 46.5 Å². The van der Waals surface area contributed by atoms with Crippen molar-refractivity contribution in [2.75, 3.05) is 11.5 Å². The molecule has 0 unspecified atom stereocenters. The van der Waals surface area contributed by atoms with Crippen molar-refractivity contribution in [2.24, 2.45) is 10.9 Å². The monoisotopic (exact) mass is 708 g/mol. The number of aliphatic carboxylic acids is 2. The number of rotatable bonds is 12. The highest BCUT2D eigenvalue weighted by atomic mass is 32.2. The summed E-state index contributed by atoms with van der Waals surface area (Å²) in [5.41, 5.74) is 10.8. The molecule has 0 spiro atoms. The van der Waals surface area contributed by atoms with Gasteiger partial charge in [-0.05, 0) is 26.0 Å². The summed E-state index contributed by atoms with van der Waals surface area (Å²) in [6.45, 7) is 3.04. The summed E-state index contributed by atoms with van der Waals surface area (Å²) in [4.78, 5) is 61.1. The molecule has 0 saturated carbocycles. The second-order valence-corrected chi connectivity index (χ2v) is 13.6. The van der Waals surface area contributed by atoms with Gasteiger partial charge in [0, 0.05) is 34.4 Å². The number of pyridine rings is 1. The van der Waals surface area contributed by atoms with Crippen LogP contribution in [0.15, 0.2) is 69.3 Å². The van der Waals surface area contributed by atoms with Crippen LogP contribution in [0.5, 0.6) is 0 Å². The van der Waals surface area contributed by atoms with Gasteiger partial charge in [0.15, 0.2) is 29.8 Å². The Balaban J connectivity index is 1.21. The van der Waals surface area contributed by atoms with Gasteiger partial charge in [-0.2, -0.15) is 4.57 Å². The molecule has 2 aliphatic heterocycles. The van der Waals surface area contributed by atoms with Gasteiger partial charge in [-0.1, -0.05) is 5.16 Å². The van der Waals surface area contributed by atoms with Crippen LogP contribution < -0.4 is 21.4 Å². The van der Waals surface area contributed by atoms with E-state index in [0.29, 0.717) is 23.4 Å². The number of nitrogen functional groups attached to an aromatic ring is 2. The fraction of sp³-hybridized carbons (Fsp3) is 0.267. The number of fused-ring (bicyclic) bond motifs is 2. The van der Waals surface area contributed by atoms with E-state index in [1.54, 1.807) is 6.07 Å². The van der Waals surface area contributed by atoms with E-state index in [-0.39, 0.29) is 34.7 Å². The normalized spacial score (nSPS) is 17.9. The minimum absolute atomic E-state index is 0.0135. The van der Waals surface area contributed by atoms with Crippen LogP contribution in [0.3, 0.4) is 0 Å². The number of furan rings is 1. The highest BCUT2D eigenvalue weighted by Crippen LogP contribution is 2.40. The largest absolute Gasteiger partial charge is 0.478 e. The van der Waals surface area contributed by atoms with Gasteiger partial charge in [0.05, 0.1) is 12.1 Å². The predicted molar refractivity (Wildman–Crippen MR) is 177 cm³/mol. The van der Waals surface area contributed by atoms with E-state index in [1.807, 2.05) is 39.9 Å². The van der Waals surface area contributed by atoms with Gasteiger partial charge < -0.3 is 40.8 Å². The molecule has 0 radical (unpaired) electrons. The number of carbonyl (C=O) groups is 4. The van der Waals surface area contributed by atoms with Crippen LogP contribution in [0.25, 0.3) is 10.9 Å². The Hall–Kier alpha value is -5.69. The molecule has 0 aliphatic carbocycles. The zero-order chi connectivity index (χ0) is 35.2. The zero-order valence-corrected chi connectivity index (χ0v) is 27.6. The van der Waals surface area contributed by atoms with E-state index in [9.17, 15) is 29.4 Å². The predicted octanol–water partition coefficient (Wildman–Crippen LogP) is 0.916. The number of hydrogen-bond donors (Lipinski definition) is 6. The number of carboxylic acid groups (broad SMARTS) is 2. The lowest BCUT2D eigenvalue weighted by Crippen LogP contribution is -2.71. The number of nitrogens with zero attached hydrogens (tertiary/aromatic N) is 5. The summed E-state index contributed by atoms with van der Waals surface area (Å²) in [5, 5.41) is 35.3. The lowest BCUT2D eigenvalue weighted by Gasteiger charge is -2.49. The smallest absolute Gasteiger partial charge is 0.352 e. The third kappa shape index (κ3) is 6.44. The molecule has 1 fully saturated rings. The Morgan fingerprint density at radius 1 is 1.31 bits per heavy atom. The first-order valence-electron chi connectivity index (χ1n) is 14.5. The van der Waals surface area contributed by atoms with Crippen LogP contribution in [0.1, 0.15) is 30.9 Å². The van der Waals surface area contributed by atoms with Crippen LogP contribution in [0, 0.1) is 5.41 Å². The minimum Gasteiger partial charge on any atom is -0.478 e. The quantitative estimate of drug-likeness (QED) is 0.0395. The molecule has 0 bridgehead atoms. The molecule has 0 aromatic carbocycles. The van der Waals surface area contributed by atoms with Crippen LogP contribution in [-0.2, 0) is 37.1 Å². The summed E-state index contributed by atoms with van der Waals surface area (Å²) >= 11 is 2.31. The molecule has 254 valence electrons. The first-order valence-corrected chi connectivity index (χ1v) is 16.5. The van der Waals surface area contributed by atoms with Gasteiger partial charge >= 0.3 is 11.9 Å². The molecule has 17 nitrogen and oxygen atoms in total. The fourth-order valence-electron chi connectivity index (χ4n) is 5.21. The number of nitrogens with two attached hydrogens (primary N) is 2. The number of anilines is 1. The average Bonchev–Trinajstić information content (AvgIpc) is 3.80. The van der Waals surface area contributed by atoms with Crippen molar-refractivity contribution in [3.63, 3.8) is 0 Å². The van der Waals surface area contributed by atoms with E-state index in [4.69, 9.17) is 26.1 Å². The van der Waals surface area contributed by atoms with Crippen molar-refractivity contribution in [3.05, 3.63) is 76.7 Å². The zero-order valence-electron chi connectivity index (χ0n) is 25.9. The number of amides is 2. The maximum atomic E-state index is 13.4. The molecule has 2 aliphatic rings. The van der Waals surface area contributed by atoms with E-state index in [2.05, 4.69) is 15.5 Å². The van der Waals surface area contributed by atoms with Gasteiger partial charge in [0.1, 0.15) is 46.2 Å². The number of hydrogen-bond acceptors (Lipinski definition) is 12. The summed E-state index contributed by atoms with van der Waals surface area (Å²) in [6, 6.07) is 4.43. The lowest BCUT2D eigenvalue weighted by molar-refractivity contribution is -0.687. The third-order valence-corrected chi connectivity index (χ3v) is 9.85. The van der Waals surface area contributed by atoms with Crippen molar-refractivity contribution in [1.29, 1.82) is 5.41 Å². The number of amidine groups is 1. The van der Waals surface area contributed by atoms with E-state index in [1.165, 1.54) is 37.3 Å². The van der Waals surface area contributed by atoms with E-state index >= 15 is 0 Å². The SMILES string of the molecule is CC(C)(O/N=C(\C(=O)N[C@@H]1C(=O)N2C(C(=O)O)=C(C[n+]3ccc4ccn(Cc5cc(C(=N)N)co5)c4c3)CS[C@H]12)c1csc(N)n1)C(=O)O. The average molecular weight is 709 g/mol. The topological polar surface area (TPSA) is 256 Å². The van der Waals surface area contributed by atoms with Crippen LogP contribution in [-0.4, -0.2) is 82.7 Å². The number of aromatic nitrogens is 3. The van der Waals surface area contributed by atoms with Gasteiger partial charge in [-0.25, -0.2) is 14.6 Å². The Labute approximate surface area is 285 Å². The molecule has 19 heteroatoms. The second kappa shape index (κ2) is 12.7. The van der Waals surface area contributed by atoms with Crippen molar-refractivity contribution in [3.8, 4) is 0 Å². The number of carbonyl (C=O) groups excluding carboxylic acids is 2. The molecular formula is C30H30N9O8S2+. The highest BCUT2D eigenvalue weighted by Gasteiger charge is 2.55. The van der Waals surface area contributed by atoms with E-state index in [0.717, 1.165) is 27.1 Å². The van der Waals surface area contributed by atoms with Crippen LogP contribution in [0.4, 0.5) is 5.13 Å². The molecular weight excluding hydrogens is 679 g/mol. The fourth-order valence-corrected chi connectivity index (χ4v) is 7.09. The first kappa shape index (κ1) is 33.2. The molecule has 4 aromatic rings. The van der Waals surface area contributed by atoms with Gasteiger partial charge in [0.2, 0.25) is 5.60 Å². The number of carboxylic acids is 2. The number of oxime groups is 1. The van der Waals surface area contributed by atoms with Crippen molar-refractivity contribution in [1.82, 2.24) is 19.8 Å². The Bertz CT molecular complexity index is 2100. The van der Waals surface area contributed by atoms with Crippen LogP contribution >= 0.6 is 23.1 Å². The van der Waals surface area contributed by atoms with Crippen LogP contribution in [0.2, 0.25) is 0 Å². The maximum Gasteiger partial charge on any atom is 0.352 e. The highest BCUT2D eigenvalue weighted by molar-refractivity contribution is 8.00. The Kier molecular flexibility index (Phi) is 8.63. The van der Waals surface area contributed by atoms with Gasteiger partial charge in [-0.15, -0.1) is 23.1 Å². The molecule has 4 aromatic heterocycles. The summed E-state index contributed by atoms with van der Waals surface area (Å²) in [7, 11) is 0. The molecule has 1 saturated heterocycles. The maximum absolute atomic E-state index is 13.4. The molecule has 6 rings (SSSR count). The number of nitrogens with one attached hydrogen (secondary N) is 2. The standard InChI is InChI=1S/C30H29N9O8S2/c1-30(2,28(44)45)47-36-20(18-13-49-29(33)34-18)24(40)35-21-25(41)39-22(27(42)43)16(12-48-26(21)39)8-37-5-3-14-4-6-38(19(14)10-37)9-17-7-15(11-46-17)23(31)32/h3-7,10-11,13,21,26H,8-9,12H2,1-2H3,(H7-,31,32,33,34,35,40,42,43,44,45)/p+1/b36-20-/t21-,26-/m1/s1. The number of thiazole rings is 1. The summed E-state index contributed by atoms with van der Waals surface area (Å²) in [5.74, 6) is -3.36. The van der Waals surface area contributed by atoms with Gasteiger partial charge in [-0.3, -0.25) is 19.9 Å². The third-order valence-electron chi connectivity index (χ3n) is 7.83. The van der Waals surface area contributed by atoms with Gasteiger partial charge in [0.25, 0.3) is 11.8 Å². The van der Waals surface area contributed by atoms with Crippen molar-refractivity contribution in [2.45, 2.75) is 44.0 Å².